The molecule has 204 valence electrons. The maximum absolute atomic E-state index is 16.0. The largest absolute Gasteiger partial charge is 0.384 e. The van der Waals surface area contributed by atoms with E-state index in [2.05, 4.69) is 63.3 Å². The number of nitrogen functional groups attached to an aromatic ring is 1. The Bertz CT molecular complexity index is 1280. The Morgan fingerprint density at radius 2 is 1.54 bits per heavy atom. The van der Waals surface area contributed by atoms with E-state index in [0.29, 0.717) is 44.6 Å². The van der Waals surface area contributed by atoms with Crippen LogP contribution in [0.15, 0.2) is 60.7 Å². The molecule has 0 spiro atoms. The van der Waals surface area contributed by atoms with Crippen LogP contribution in [-0.2, 0) is 24.4 Å². The van der Waals surface area contributed by atoms with E-state index in [9.17, 15) is 4.79 Å². The molecule has 7 heteroatoms. The molecular formula is C32H38FN5O. The average Bonchev–Trinajstić information content (AvgIpc) is 3.11. The van der Waals surface area contributed by atoms with Gasteiger partial charge in [0, 0.05) is 70.4 Å². The Kier molecular flexibility index (Phi) is 7.12. The van der Waals surface area contributed by atoms with Gasteiger partial charge in [-0.3, -0.25) is 14.6 Å². The first-order valence-electron chi connectivity index (χ1n) is 14.2. The van der Waals surface area contributed by atoms with Gasteiger partial charge in [-0.05, 0) is 59.7 Å². The van der Waals surface area contributed by atoms with Gasteiger partial charge < -0.3 is 10.6 Å². The van der Waals surface area contributed by atoms with Gasteiger partial charge >= 0.3 is 0 Å². The van der Waals surface area contributed by atoms with Crippen LogP contribution in [0.1, 0.15) is 48.1 Å². The lowest BCUT2D eigenvalue weighted by atomic mass is 9.90. The molecule has 1 amide bonds. The number of nitrogens with two attached hydrogens (primary N) is 1. The molecule has 3 aliphatic heterocycles. The molecule has 1 aromatic heterocycles. The molecule has 0 radical (unpaired) electrons. The van der Waals surface area contributed by atoms with Gasteiger partial charge in [-0.2, -0.15) is 0 Å². The second kappa shape index (κ2) is 10.7. The molecule has 3 aliphatic rings. The van der Waals surface area contributed by atoms with Crippen molar-refractivity contribution in [1.29, 1.82) is 0 Å². The number of fused-ring (bicyclic) bond motifs is 3. The van der Waals surface area contributed by atoms with Gasteiger partial charge in [-0.1, -0.05) is 48.5 Å². The lowest BCUT2D eigenvalue weighted by molar-refractivity contribution is -0.149. The van der Waals surface area contributed by atoms with Gasteiger partial charge in [0.2, 0.25) is 0 Å². The predicted molar refractivity (Wildman–Crippen MR) is 152 cm³/mol. The number of nitrogens with zero attached hydrogens (tertiary/aromatic N) is 4. The molecule has 0 unspecified atom stereocenters. The fraction of sp³-hybridized carbons (Fsp3) is 0.438. The Labute approximate surface area is 230 Å². The molecule has 4 heterocycles. The van der Waals surface area contributed by atoms with Crippen molar-refractivity contribution in [1.82, 2.24) is 19.7 Å². The fourth-order valence-electron chi connectivity index (χ4n) is 6.71. The number of alkyl halides is 1. The third-order valence-corrected chi connectivity index (χ3v) is 8.81. The highest BCUT2D eigenvalue weighted by atomic mass is 19.1. The standard InChI is InChI=1S/C32H38FN5O/c1-23-18-24(19-30(34)35-23)20-36-16-12-32(33,13-17-36)31(39)37-14-10-27(11-15-37)38-21-25-6-2-4-8-28(25)29-9-5-3-7-26(29)22-38/h2-9,18-19,27H,10-17,20-22H2,1H3,(H2,34,35). The Morgan fingerprint density at radius 1 is 0.949 bits per heavy atom. The Balaban J connectivity index is 1.06. The molecule has 3 aromatic rings. The summed E-state index contributed by atoms with van der Waals surface area (Å²) in [5.41, 5.74) is 11.4. The third kappa shape index (κ3) is 5.43. The lowest BCUT2D eigenvalue weighted by Gasteiger charge is -2.42. The minimum atomic E-state index is -1.77. The van der Waals surface area contributed by atoms with Gasteiger partial charge in [0.25, 0.3) is 5.91 Å². The summed E-state index contributed by atoms with van der Waals surface area (Å²) in [7, 11) is 0. The molecular weight excluding hydrogens is 489 g/mol. The number of pyridine rings is 1. The van der Waals surface area contributed by atoms with Crippen LogP contribution in [0.3, 0.4) is 0 Å². The molecule has 2 aromatic carbocycles. The number of halogens is 1. The number of amides is 1. The second-order valence-corrected chi connectivity index (χ2v) is 11.5. The summed E-state index contributed by atoms with van der Waals surface area (Å²) in [4.78, 5) is 24.2. The molecule has 39 heavy (non-hydrogen) atoms. The van der Waals surface area contributed by atoms with Crippen molar-refractivity contribution < 1.29 is 9.18 Å². The van der Waals surface area contributed by atoms with Crippen LogP contribution in [-0.4, -0.2) is 63.5 Å². The quantitative estimate of drug-likeness (QED) is 0.520. The summed E-state index contributed by atoms with van der Waals surface area (Å²) in [6.45, 7) is 6.78. The summed E-state index contributed by atoms with van der Waals surface area (Å²) in [6.07, 6.45) is 2.23. The predicted octanol–water partition coefficient (Wildman–Crippen LogP) is 4.95. The number of anilines is 1. The van der Waals surface area contributed by atoms with E-state index in [1.165, 1.54) is 22.3 Å². The number of aryl methyl sites for hydroxylation is 1. The SMILES string of the molecule is Cc1cc(CN2CCC(F)(C(=O)N3CCC(N4Cc5ccccc5-c5ccccc5C4)CC3)CC2)cc(N)n1. The van der Waals surface area contributed by atoms with Crippen molar-refractivity contribution in [2.45, 2.75) is 64.0 Å². The van der Waals surface area contributed by atoms with Crippen molar-refractivity contribution in [3.8, 4) is 11.1 Å². The van der Waals surface area contributed by atoms with Gasteiger partial charge in [-0.25, -0.2) is 9.37 Å². The first-order valence-corrected chi connectivity index (χ1v) is 14.2. The van der Waals surface area contributed by atoms with E-state index in [0.717, 1.165) is 37.2 Å². The van der Waals surface area contributed by atoms with Gasteiger partial charge in [-0.15, -0.1) is 0 Å². The summed E-state index contributed by atoms with van der Waals surface area (Å²) in [5, 5.41) is 0. The monoisotopic (exact) mass is 527 g/mol. The zero-order valence-electron chi connectivity index (χ0n) is 22.8. The Hall–Kier alpha value is -3.29. The molecule has 0 aliphatic carbocycles. The van der Waals surface area contributed by atoms with Crippen LogP contribution in [0.4, 0.5) is 10.2 Å². The van der Waals surface area contributed by atoms with Crippen LogP contribution in [0.2, 0.25) is 0 Å². The van der Waals surface area contributed by atoms with Gasteiger partial charge in [0.05, 0.1) is 0 Å². The van der Waals surface area contributed by atoms with Crippen molar-refractivity contribution >= 4 is 11.7 Å². The first-order chi connectivity index (χ1) is 18.9. The minimum Gasteiger partial charge on any atom is -0.384 e. The molecule has 2 fully saturated rings. The van der Waals surface area contributed by atoms with E-state index in [4.69, 9.17) is 5.73 Å². The van der Waals surface area contributed by atoms with E-state index in [-0.39, 0.29) is 18.7 Å². The number of rotatable bonds is 4. The Morgan fingerprint density at radius 3 is 2.13 bits per heavy atom. The molecule has 0 atom stereocenters. The number of hydrogen-bond acceptors (Lipinski definition) is 5. The van der Waals surface area contributed by atoms with E-state index in [1.54, 1.807) is 4.90 Å². The second-order valence-electron chi connectivity index (χ2n) is 11.5. The number of piperidine rings is 2. The van der Waals surface area contributed by atoms with Crippen LogP contribution in [0, 0.1) is 6.92 Å². The highest BCUT2D eigenvalue weighted by Gasteiger charge is 2.45. The topological polar surface area (TPSA) is 65.7 Å². The number of carbonyl (C=O) groups excluding carboxylic acids is 1. The zero-order valence-corrected chi connectivity index (χ0v) is 22.8. The molecule has 2 N–H and O–H groups in total. The summed E-state index contributed by atoms with van der Waals surface area (Å²) in [6, 6.07) is 21.6. The van der Waals surface area contributed by atoms with Gasteiger partial charge in [0.15, 0.2) is 5.67 Å². The number of hydrogen-bond donors (Lipinski definition) is 1. The molecule has 6 nitrogen and oxygen atoms in total. The maximum atomic E-state index is 16.0. The highest BCUT2D eigenvalue weighted by molar-refractivity contribution is 5.85. The van der Waals surface area contributed by atoms with E-state index >= 15 is 4.39 Å². The summed E-state index contributed by atoms with van der Waals surface area (Å²) >= 11 is 0. The van der Waals surface area contributed by atoms with E-state index < -0.39 is 5.67 Å². The average molecular weight is 528 g/mol. The van der Waals surface area contributed by atoms with Gasteiger partial charge in [0.1, 0.15) is 5.82 Å². The number of aromatic nitrogens is 1. The van der Waals surface area contributed by atoms with Crippen LogP contribution in [0.5, 0.6) is 0 Å². The normalized spacial score (nSPS) is 20.2. The van der Waals surface area contributed by atoms with Crippen LogP contribution in [0.25, 0.3) is 11.1 Å². The van der Waals surface area contributed by atoms with Crippen molar-refractivity contribution in [2.75, 3.05) is 31.9 Å². The van der Waals surface area contributed by atoms with Crippen molar-refractivity contribution in [3.63, 3.8) is 0 Å². The van der Waals surface area contributed by atoms with Crippen LogP contribution >= 0.6 is 0 Å². The minimum absolute atomic E-state index is 0.241. The van der Waals surface area contributed by atoms with Crippen molar-refractivity contribution in [2.24, 2.45) is 0 Å². The van der Waals surface area contributed by atoms with E-state index in [1.807, 2.05) is 19.1 Å². The summed E-state index contributed by atoms with van der Waals surface area (Å²) in [5.74, 6) is 0.199. The van der Waals surface area contributed by atoms with Crippen LogP contribution < -0.4 is 5.73 Å². The molecule has 2 saturated heterocycles. The third-order valence-electron chi connectivity index (χ3n) is 8.81. The highest BCUT2D eigenvalue weighted by Crippen LogP contribution is 2.36. The maximum Gasteiger partial charge on any atom is 0.260 e. The van der Waals surface area contributed by atoms with Crippen molar-refractivity contribution in [3.05, 3.63) is 83.0 Å². The smallest absolute Gasteiger partial charge is 0.260 e. The molecule has 6 rings (SSSR count). The zero-order chi connectivity index (χ0) is 27.0. The lowest BCUT2D eigenvalue weighted by Crippen LogP contribution is -2.55. The summed E-state index contributed by atoms with van der Waals surface area (Å²) < 4.78 is 16.0. The number of likely N-dealkylation sites (tertiary alicyclic amines) is 2. The molecule has 0 saturated carbocycles. The fourth-order valence-corrected chi connectivity index (χ4v) is 6.71. The molecule has 0 bridgehead atoms. The first kappa shape index (κ1) is 26.0. The number of carbonyl (C=O) groups is 1. The number of benzene rings is 2.